The molecule has 3 nitrogen and oxygen atoms in total. The van der Waals surface area contributed by atoms with Crippen molar-refractivity contribution < 1.29 is 4.79 Å². The summed E-state index contributed by atoms with van der Waals surface area (Å²) < 4.78 is 0.681. The predicted octanol–water partition coefficient (Wildman–Crippen LogP) is 4.01. The SMILES string of the molecule is CN(C(=O)c1cccc(Br)c1Cl)c1cccc(C(N)=S)c1. The summed E-state index contributed by atoms with van der Waals surface area (Å²) in [6.07, 6.45) is 0. The van der Waals surface area contributed by atoms with Gasteiger partial charge in [0.25, 0.3) is 5.91 Å². The fraction of sp³-hybridized carbons (Fsp3) is 0.0667. The molecule has 2 aromatic carbocycles. The fourth-order valence-electron chi connectivity index (χ4n) is 1.83. The standard InChI is InChI=1S/C15H12BrClN2OS/c1-19(10-5-2-4-9(8-10)14(18)21)15(20)11-6-3-7-12(16)13(11)17/h2-8H,1H3,(H2,18,21). The van der Waals surface area contributed by atoms with Crippen LogP contribution >= 0.6 is 39.7 Å². The van der Waals surface area contributed by atoms with E-state index in [-0.39, 0.29) is 10.9 Å². The molecule has 0 aromatic heterocycles. The number of carbonyl (C=O) groups is 1. The number of thiocarbonyl (C=S) groups is 1. The van der Waals surface area contributed by atoms with Crippen molar-refractivity contribution in [2.24, 2.45) is 5.73 Å². The summed E-state index contributed by atoms with van der Waals surface area (Å²) in [5.41, 5.74) is 7.45. The first-order chi connectivity index (χ1) is 9.91. The Balaban J connectivity index is 2.37. The van der Waals surface area contributed by atoms with E-state index in [4.69, 9.17) is 29.6 Å². The number of nitrogens with two attached hydrogens (primary N) is 1. The average molecular weight is 384 g/mol. The summed E-state index contributed by atoms with van der Waals surface area (Å²) in [6, 6.07) is 12.4. The van der Waals surface area contributed by atoms with Gasteiger partial charge in [0.05, 0.1) is 10.6 Å². The molecule has 6 heteroatoms. The van der Waals surface area contributed by atoms with Crippen molar-refractivity contribution in [3.63, 3.8) is 0 Å². The van der Waals surface area contributed by atoms with Crippen LogP contribution in [0.4, 0.5) is 5.69 Å². The van der Waals surface area contributed by atoms with Crippen LogP contribution in [0.1, 0.15) is 15.9 Å². The van der Waals surface area contributed by atoms with Crippen LogP contribution in [0.5, 0.6) is 0 Å². The minimum Gasteiger partial charge on any atom is -0.389 e. The lowest BCUT2D eigenvalue weighted by molar-refractivity contribution is 0.0993. The van der Waals surface area contributed by atoms with E-state index in [0.717, 1.165) is 0 Å². The van der Waals surface area contributed by atoms with Gasteiger partial charge >= 0.3 is 0 Å². The van der Waals surface area contributed by atoms with Gasteiger partial charge in [-0.1, -0.05) is 42.0 Å². The van der Waals surface area contributed by atoms with E-state index in [0.29, 0.717) is 26.3 Å². The molecule has 0 aliphatic carbocycles. The molecule has 0 heterocycles. The molecule has 1 amide bonds. The second kappa shape index (κ2) is 6.56. The van der Waals surface area contributed by atoms with Gasteiger partial charge in [0.2, 0.25) is 0 Å². The van der Waals surface area contributed by atoms with E-state index in [1.807, 2.05) is 6.07 Å². The molecule has 2 rings (SSSR count). The van der Waals surface area contributed by atoms with E-state index < -0.39 is 0 Å². The van der Waals surface area contributed by atoms with Gasteiger partial charge in [-0.3, -0.25) is 4.79 Å². The third kappa shape index (κ3) is 3.43. The molecule has 2 aromatic rings. The highest BCUT2D eigenvalue weighted by molar-refractivity contribution is 9.10. The van der Waals surface area contributed by atoms with Crippen LogP contribution < -0.4 is 10.6 Å². The van der Waals surface area contributed by atoms with Gasteiger partial charge in [-0.25, -0.2) is 0 Å². The van der Waals surface area contributed by atoms with Crippen LogP contribution in [0.3, 0.4) is 0 Å². The number of benzene rings is 2. The Morgan fingerprint density at radius 1 is 1.29 bits per heavy atom. The number of hydrogen-bond donors (Lipinski definition) is 1. The summed E-state index contributed by atoms with van der Waals surface area (Å²) >= 11 is 14.4. The zero-order valence-electron chi connectivity index (χ0n) is 11.1. The van der Waals surface area contributed by atoms with Crippen molar-refractivity contribution in [3.05, 3.63) is 63.1 Å². The molecular weight excluding hydrogens is 372 g/mol. The lowest BCUT2D eigenvalue weighted by Crippen LogP contribution is -2.27. The van der Waals surface area contributed by atoms with Gasteiger partial charge < -0.3 is 10.6 Å². The smallest absolute Gasteiger partial charge is 0.259 e. The molecule has 2 N–H and O–H groups in total. The van der Waals surface area contributed by atoms with E-state index in [2.05, 4.69) is 15.9 Å². The van der Waals surface area contributed by atoms with Gasteiger partial charge in [-0.2, -0.15) is 0 Å². The van der Waals surface area contributed by atoms with Crippen LogP contribution in [-0.4, -0.2) is 17.9 Å². The topological polar surface area (TPSA) is 46.3 Å². The Bertz CT molecular complexity index is 721. The maximum atomic E-state index is 12.6. The highest BCUT2D eigenvalue weighted by Crippen LogP contribution is 2.28. The number of anilines is 1. The Morgan fingerprint density at radius 3 is 2.62 bits per heavy atom. The van der Waals surface area contributed by atoms with Crippen LogP contribution in [0.15, 0.2) is 46.9 Å². The largest absolute Gasteiger partial charge is 0.389 e. The van der Waals surface area contributed by atoms with E-state index in [1.54, 1.807) is 43.4 Å². The molecule has 0 atom stereocenters. The zero-order chi connectivity index (χ0) is 15.6. The van der Waals surface area contributed by atoms with Gasteiger partial charge in [0, 0.05) is 22.8 Å². The lowest BCUT2D eigenvalue weighted by Gasteiger charge is -2.19. The second-order valence-electron chi connectivity index (χ2n) is 4.38. The maximum Gasteiger partial charge on any atom is 0.259 e. The van der Waals surface area contributed by atoms with Crippen LogP contribution in [0, 0.1) is 0 Å². The Morgan fingerprint density at radius 2 is 1.95 bits per heavy atom. The van der Waals surface area contributed by atoms with Crippen molar-refractivity contribution in [2.75, 3.05) is 11.9 Å². The summed E-state index contributed by atoms with van der Waals surface area (Å²) in [5, 5.41) is 0.389. The predicted molar refractivity (Wildman–Crippen MR) is 94.2 cm³/mol. The molecule has 0 fully saturated rings. The van der Waals surface area contributed by atoms with E-state index in [9.17, 15) is 4.79 Å². The monoisotopic (exact) mass is 382 g/mol. The zero-order valence-corrected chi connectivity index (χ0v) is 14.3. The Hall–Kier alpha value is -1.43. The van der Waals surface area contributed by atoms with Crippen LogP contribution in [0.25, 0.3) is 0 Å². The molecule has 0 unspecified atom stereocenters. The first-order valence-electron chi connectivity index (χ1n) is 6.03. The quantitative estimate of drug-likeness (QED) is 0.815. The molecule has 0 aliphatic heterocycles. The highest BCUT2D eigenvalue weighted by Gasteiger charge is 2.18. The highest BCUT2D eigenvalue weighted by atomic mass is 79.9. The maximum absolute atomic E-state index is 12.6. The molecule has 108 valence electrons. The summed E-state index contributed by atoms with van der Waals surface area (Å²) in [6.45, 7) is 0. The third-order valence-corrected chi connectivity index (χ3v) is 4.54. The number of nitrogens with zero attached hydrogens (tertiary/aromatic N) is 1. The van der Waals surface area contributed by atoms with Crippen molar-refractivity contribution in [1.82, 2.24) is 0 Å². The summed E-state index contributed by atoms with van der Waals surface area (Å²) in [5.74, 6) is -0.207. The van der Waals surface area contributed by atoms with Crippen molar-refractivity contribution >= 4 is 56.3 Å². The van der Waals surface area contributed by atoms with Crippen molar-refractivity contribution in [1.29, 1.82) is 0 Å². The minimum absolute atomic E-state index is 0.207. The van der Waals surface area contributed by atoms with Crippen molar-refractivity contribution in [3.8, 4) is 0 Å². The van der Waals surface area contributed by atoms with Gasteiger partial charge in [-0.05, 0) is 40.2 Å². The Labute approximate surface area is 141 Å². The molecule has 0 saturated heterocycles. The van der Waals surface area contributed by atoms with Gasteiger partial charge in [0.15, 0.2) is 0 Å². The first kappa shape index (κ1) is 15.9. The number of hydrogen-bond acceptors (Lipinski definition) is 2. The molecule has 0 bridgehead atoms. The number of halogens is 2. The summed E-state index contributed by atoms with van der Waals surface area (Å²) in [7, 11) is 1.68. The first-order valence-corrected chi connectivity index (χ1v) is 7.61. The van der Waals surface area contributed by atoms with Gasteiger partial charge in [0.1, 0.15) is 4.99 Å². The normalized spacial score (nSPS) is 10.2. The molecule has 0 radical (unpaired) electrons. The Kier molecular flexibility index (Phi) is 4.98. The minimum atomic E-state index is -0.207. The summed E-state index contributed by atoms with van der Waals surface area (Å²) in [4.78, 5) is 14.4. The van der Waals surface area contributed by atoms with Gasteiger partial charge in [-0.15, -0.1) is 0 Å². The molecule has 0 spiro atoms. The molecule has 0 saturated carbocycles. The lowest BCUT2D eigenvalue weighted by atomic mass is 10.1. The molecule has 0 aliphatic rings. The fourth-order valence-corrected chi connectivity index (χ4v) is 2.53. The second-order valence-corrected chi connectivity index (χ2v) is 6.05. The average Bonchev–Trinajstić information content (AvgIpc) is 2.48. The van der Waals surface area contributed by atoms with E-state index >= 15 is 0 Å². The van der Waals surface area contributed by atoms with Crippen LogP contribution in [0.2, 0.25) is 5.02 Å². The van der Waals surface area contributed by atoms with E-state index in [1.165, 1.54) is 4.90 Å². The molecular formula is C15H12BrClN2OS. The molecule has 21 heavy (non-hydrogen) atoms. The van der Waals surface area contributed by atoms with Crippen molar-refractivity contribution in [2.45, 2.75) is 0 Å². The number of carbonyl (C=O) groups excluding carboxylic acids is 1. The van der Waals surface area contributed by atoms with Crippen LogP contribution in [-0.2, 0) is 0 Å². The number of rotatable bonds is 3. The number of amides is 1. The third-order valence-electron chi connectivity index (χ3n) is 3.00.